The fraction of sp³-hybridized carbons (Fsp3) is 0.318. The molecule has 3 aromatic rings. The summed E-state index contributed by atoms with van der Waals surface area (Å²) in [6, 6.07) is 2.66. The first-order valence-electron chi connectivity index (χ1n) is 10.3. The van der Waals surface area contributed by atoms with Gasteiger partial charge in [-0.25, -0.2) is 23.7 Å². The highest BCUT2D eigenvalue weighted by atomic mass is 35.5. The van der Waals surface area contributed by atoms with Crippen molar-refractivity contribution in [3.8, 4) is 5.88 Å². The lowest BCUT2D eigenvalue weighted by atomic mass is 10.1. The standard InChI is InChI=1S/C22H20ClF2N5O4/c1-11(13-5-17(23)21(28-7-13)33-10-18(24)25)30-9-16-15(22(30)32)3-4-26-20(16)29-19(31)6-14-8-27-12(2)34-14/h3-5,7-8,11,18H,6,9-10H2,1-2H3,(H,26,29,31). The van der Waals surface area contributed by atoms with Gasteiger partial charge in [0.05, 0.1) is 25.2 Å². The zero-order valence-corrected chi connectivity index (χ0v) is 19.0. The number of halogens is 3. The van der Waals surface area contributed by atoms with Crippen molar-refractivity contribution in [2.45, 2.75) is 39.3 Å². The van der Waals surface area contributed by atoms with E-state index in [-0.39, 0.29) is 41.5 Å². The first-order valence-corrected chi connectivity index (χ1v) is 10.7. The Balaban J connectivity index is 1.49. The Morgan fingerprint density at radius 3 is 2.79 bits per heavy atom. The second-order valence-electron chi connectivity index (χ2n) is 7.62. The van der Waals surface area contributed by atoms with Crippen LogP contribution in [0.1, 0.15) is 46.1 Å². The van der Waals surface area contributed by atoms with E-state index < -0.39 is 19.1 Å². The van der Waals surface area contributed by atoms with Crippen molar-refractivity contribution in [2.24, 2.45) is 0 Å². The molecule has 2 amide bonds. The summed E-state index contributed by atoms with van der Waals surface area (Å²) < 4.78 is 35.0. The minimum absolute atomic E-state index is 0.0234. The maximum atomic E-state index is 13.1. The number of amides is 2. The Labute approximate surface area is 198 Å². The third kappa shape index (κ3) is 4.98. The van der Waals surface area contributed by atoms with Crippen LogP contribution < -0.4 is 10.1 Å². The van der Waals surface area contributed by atoms with Crippen molar-refractivity contribution in [1.82, 2.24) is 19.9 Å². The Morgan fingerprint density at radius 1 is 1.32 bits per heavy atom. The Bertz CT molecular complexity index is 1240. The number of nitrogens with zero attached hydrogens (tertiary/aromatic N) is 4. The third-order valence-electron chi connectivity index (χ3n) is 5.26. The molecule has 1 aliphatic rings. The summed E-state index contributed by atoms with van der Waals surface area (Å²) in [5.74, 6) is 0.449. The van der Waals surface area contributed by atoms with E-state index in [1.165, 1.54) is 24.7 Å². The molecule has 9 nitrogen and oxygen atoms in total. The quantitative estimate of drug-likeness (QED) is 0.507. The van der Waals surface area contributed by atoms with Gasteiger partial charge in [-0.15, -0.1) is 0 Å². The van der Waals surface area contributed by atoms with E-state index >= 15 is 0 Å². The van der Waals surface area contributed by atoms with Crippen LogP contribution in [-0.2, 0) is 17.8 Å². The first kappa shape index (κ1) is 23.6. The van der Waals surface area contributed by atoms with Gasteiger partial charge in [0, 0.05) is 30.4 Å². The molecule has 0 aromatic carbocycles. The van der Waals surface area contributed by atoms with Crippen LogP contribution >= 0.6 is 11.6 Å². The van der Waals surface area contributed by atoms with Crippen LogP contribution in [0.5, 0.6) is 5.88 Å². The Morgan fingerprint density at radius 2 is 2.12 bits per heavy atom. The number of rotatable bonds is 8. The molecule has 0 aliphatic carbocycles. The summed E-state index contributed by atoms with van der Waals surface area (Å²) in [7, 11) is 0. The summed E-state index contributed by atoms with van der Waals surface area (Å²) in [4.78, 5) is 39.3. The van der Waals surface area contributed by atoms with E-state index in [2.05, 4.69) is 20.3 Å². The predicted molar refractivity (Wildman–Crippen MR) is 117 cm³/mol. The van der Waals surface area contributed by atoms with Crippen LogP contribution in [0.2, 0.25) is 5.02 Å². The molecule has 1 aliphatic heterocycles. The van der Waals surface area contributed by atoms with E-state index in [0.29, 0.717) is 28.3 Å². The molecule has 4 heterocycles. The number of anilines is 1. The minimum Gasteiger partial charge on any atom is -0.471 e. The second kappa shape index (κ2) is 9.72. The van der Waals surface area contributed by atoms with Gasteiger partial charge in [0.15, 0.2) is 12.5 Å². The monoisotopic (exact) mass is 491 g/mol. The smallest absolute Gasteiger partial charge is 0.272 e. The highest BCUT2D eigenvalue weighted by Gasteiger charge is 2.34. The molecule has 0 radical (unpaired) electrons. The SMILES string of the molecule is Cc1ncc(CC(=O)Nc2nccc3c2CN(C(C)c2cnc(OCC(F)F)c(Cl)c2)C3=O)o1. The number of nitrogens with one attached hydrogen (secondary N) is 1. The number of ether oxygens (including phenoxy) is 1. The summed E-state index contributed by atoms with van der Waals surface area (Å²) in [5, 5.41) is 2.79. The van der Waals surface area contributed by atoms with Crippen LogP contribution in [-0.4, -0.2) is 44.7 Å². The molecule has 1 unspecified atom stereocenters. The molecule has 0 saturated carbocycles. The molecule has 1 atom stereocenters. The summed E-state index contributed by atoms with van der Waals surface area (Å²) in [6.45, 7) is 2.84. The number of hydrogen-bond donors (Lipinski definition) is 1. The Kier molecular flexibility index (Phi) is 6.73. The normalized spacial score (nSPS) is 13.8. The van der Waals surface area contributed by atoms with Gasteiger partial charge in [0.2, 0.25) is 11.8 Å². The number of aryl methyl sites for hydroxylation is 1. The molecule has 0 saturated heterocycles. The van der Waals surface area contributed by atoms with Gasteiger partial charge >= 0.3 is 0 Å². The van der Waals surface area contributed by atoms with Crippen molar-refractivity contribution in [3.05, 3.63) is 64.1 Å². The van der Waals surface area contributed by atoms with E-state index in [0.717, 1.165) is 0 Å². The maximum Gasteiger partial charge on any atom is 0.272 e. The number of oxazole rings is 1. The van der Waals surface area contributed by atoms with Gasteiger partial charge in [0.25, 0.3) is 12.3 Å². The van der Waals surface area contributed by atoms with Crippen molar-refractivity contribution in [2.75, 3.05) is 11.9 Å². The zero-order valence-electron chi connectivity index (χ0n) is 18.2. The average Bonchev–Trinajstić information content (AvgIpc) is 3.35. The molecule has 12 heteroatoms. The van der Waals surface area contributed by atoms with Crippen LogP contribution in [0.4, 0.5) is 14.6 Å². The zero-order chi connectivity index (χ0) is 24.4. The van der Waals surface area contributed by atoms with Gasteiger partial charge in [-0.2, -0.15) is 0 Å². The topological polar surface area (TPSA) is 110 Å². The minimum atomic E-state index is -2.65. The lowest BCUT2D eigenvalue weighted by Gasteiger charge is -2.24. The fourth-order valence-corrected chi connectivity index (χ4v) is 3.82. The molecular weight excluding hydrogens is 472 g/mol. The van der Waals surface area contributed by atoms with Gasteiger partial charge in [-0.3, -0.25) is 9.59 Å². The molecule has 3 aromatic heterocycles. The fourth-order valence-electron chi connectivity index (χ4n) is 3.59. The molecular formula is C22H20ClF2N5O4. The van der Waals surface area contributed by atoms with Crippen molar-refractivity contribution in [1.29, 1.82) is 0 Å². The summed E-state index contributed by atoms with van der Waals surface area (Å²) in [5.41, 5.74) is 1.59. The van der Waals surface area contributed by atoms with Crippen LogP contribution in [0.25, 0.3) is 0 Å². The first-order chi connectivity index (χ1) is 16.2. The number of alkyl halides is 2. The van der Waals surface area contributed by atoms with Gasteiger partial charge in [-0.05, 0) is 24.6 Å². The van der Waals surface area contributed by atoms with Crippen molar-refractivity contribution in [3.63, 3.8) is 0 Å². The van der Waals surface area contributed by atoms with Crippen molar-refractivity contribution >= 4 is 29.2 Å². The van der Waals surface area contributed by atoms with E-state index in [1.807, 2.05) is 0 Å². The number of carbonyl (C=O) groups excluding carboxylic acids is 2. The molecule has 4 rings (SSSR count). The number of hydrogen-bond acceptors (Lipinski definition) is 7. The molecule has 0 bridgehead atoms. The lowest BCUT2D eigenvalue weighted by Crippen LogP contribution is -2.27. The van der Waals surface area contributed by atoms with E-state index in [1.54, 1.807) is 24.8 Å². The largest absolute Gasteiger partial charge is 0.471 e. The van der Waals surface area contributed by atoms with Gasteiger partial charge < -0.3 is 19.4 Å². The number of fused-ring (bicyclic) bond motifs is 1. The highest BCUT2D eigenvalue weighted by Crippen LogP contribution is 2.35. The lowest BCUT2D eigenvalue weighted by molar-refractivity contribution is -0.115. The summed E-state index contributed by atoms with van der Waals surface area (Å²) >= 11 is 6.13. The van der Waals surface area contributed by atoms with Crippen LogP contribution in [0, 0.1) is 6.92 Å². The van der Waals surface area contributed by atoms with E-state index in [4.69, 9.17) is 20.8 Å². The number of pyridine rings is 2. The predicted octanol–water partition coefficient (Wildman–Crippen LogP) is 3.97. The molecule has 1 N–H and O–H groups in total. The maximum absolute atomic E-state index is 13.1. The highest BCUT2D eigenvalue weighted by molar-refractivity contribution is 6.31. The van der Waals surface area contributed by atoms with Crippen molar-refractivity contribution < 1.29 is 27.5 Å². The van der Waals surface area contributed by atoms with Crippen LogP contribution in [0.15, 0.2) is 35.1 Å². The molecule has 34 heavy (non-hydrogen) atoms. The number of aromatic nitrogens is 3. The van der Waals surface area contributed by atoms with E-state index in [9.17, 15) is 18.4 Å². The molecule has 0 spiro atoms. The summed E-state index contributed by atoms with van der Waals surface area (Å²) in [6.07, 6.45) is 1.68. The molecule has 0 fully saturated rings. The van der Waals surface area contributed by atoms with Gasteiger partial charge in [0.1, 0.15) is 16.6 Å². The second-order valence-corrected chi connectivity index (χ2v) is 8.03. The van der Waals surface area contributed by atoms with Crippen LogP contribution in [0.3, 0.4) is 0 Å². The van der Waals surface area contributed by atoms with Gasteiger partial charge in [-0.1, -0.05) is 11.6 Å². The Hall–Kier alpha value is -3.60. The molecule has 178 valence electrons. The number of carbonyl (C=O) groups is 2. The average molecular weight is 492 g/mol. The third-order valence-corrected chi connectivity index (χ3v) is 5.53.